The van der Waals surface area contributed by atoms with E-state index in [1.165, 1.54) is 12.8 Å². The van der Waals surface area contributed by atoms with Gasteiger partial charge in [-0.25, -0.2) is 0 Å². The van der Waals surface area contributed by atoms with Gasteiger partial charge in [0, 0.05) is 7.11 Å². The lowest BCUT2D eigenvalue weighted by atomic mass is 10.2. The van der Waals surface area contributed by atoms with Gasteiger partial charge in [0.2, 0.25) is 0 Å². The summed E-state index contributed by atoms with van der Waals surface area (Å²) in [6.07, 6.45) is 3.67. The zero-order valence-electron chi connectivity index (χ0n) is 8.89. The minimum absolute atomic E-state index is 0.744. The minimum Gasteiger partial charge on any atom is -0.420 e. The Kier molecular flexibility index (Phi) is 5.79. The Morgan fingerprint density at radius 2 is 1.92 bits per heavy atom. The van der Waals surface area contributed by atoms with Crippen molar-refractivity contribution in [3.63, 3.8) is 0 Å². The number of nitrogens with two attached hydrogens (primary N) is 1. The summed E-state index contributed by atoms with van der Waals surface area (Å²) >= 11 is 0. The van der Waals surface area contributed by atoms with Gasteiger partial charge in [-0.15, -0.1) is 0 Å². The van der Waals surface area contributed by atoms with Crippen LogP contribution in [0.1, 0.15) is 26.2 Å². The van der Waals surface area contributed by atoms with Crippen LogP contribution in [0, 0.1) is 0 Å². The van der Waals surface area contributed by atoms with Gasteiger partial charge >= 0.3 is 0 Å². The Morgan fingerprint density at radius 3 is 2.33 bits per heavy atom. The van der Waals surface area contributed by atoms with Gasteiger partial charge in [-0.05, 0) is 31.6 Å². The average Bonchev–Trinajstić information content (AvgIpc) is 2.05. The van der Waals surface area contributed by atoms with E-state index >= 15 is 0 Å². The van der Waals surface area contributed by atoms with E-state index in [1.54, 1.807) is 0 Å². The molecule has 0 spiro atoms. The summed E-state index contributed by atoms with van der Waals surface area (Å²) in [4.78, 5) is 0. The molecule has 0 rings (SSSR count). The van der Waals surface area contributed by atoms with Crippen molar-refractivity contribution >= 4 is 8.32 Å². The van der Waals surface area contributed by atoms with Crippen LogP contribution in [0.2, 0.25) is 18.6 Å². The molecule has 0 aliphatic carbocycles. The fourth-order valence-electron chi connectivity index (χ4n) is 1.14. The second kappa shape index (κ2) is 5.73. The van der Waals surface area contributed by atoms with E-state index in [0.717, 1.165) is 18.5 Å². The summed E-state index contributed by atoms with van der Waals surface area (Å²) in [5.41, 5.74) is 6.18. The second-order valence-corrected chi connectivity index (χ2v) is 8.59. The van der Waals surface area contributed by atoms with Gasteiger partial charge in [0.1, 0.15) is 0 Å². The van der Waals surface area contributed by atoms with Crippen LogP contribution in [-0.4, -0.2) is 22.0 Å². The maximum absolute atomic E-state index is 5.54. The monoisotopic (exact) mass is 189 g/mol. The molecule has 0 bridgehead atoms. The third kappa shape index (κ3) is 4.23. The first-order valence-electron chi connectivity index (χ1n) is 4.79. The van der Waals surface area contributed by atoms with E-state index in [9.17, 15) is 0 Å². The average molecular weight is 189 g/mol. The van der Waals surface area contributed by atoms with Gasteiger partial charge in [-0.3, -0.25) is 0 Å². The predicted octanol–water partition coefficient (Wildman–Crippen LogP) is 2.36. The molecule has 0 aromatic heterocycles. The summed E-state index contributed by atoms with van der Waals surface area (Å²) in [5, 5.41) is 0. The topological polar surface area (TPSA) is 35.2 Å². The Labute approximate surface area is 77.6 Å². The number of hydrogen-bond donors (Lipinski definition) is 1. The Morgan fingerprint density at radius 1 is 1.33 bits per heavy atom. The zero-order valence-corrected chi connectivity index (χ0v) is 9.89. The van der Waals surface area contributed by atoms with Crippen molar-refractivity contribution in [2.45, 2.75) is 44.8 Å². The van der Waals surface area contributed by atoms with Crippen LogP contribution in [0.25, 0.3) is 0 Å². The highest BCUT2D eigenvalue weighted by Gasteiger charge is 2.27. The number of rotatable bonds is 6. The second-order valence-electron chi connectivity index (χ2n) is 3.99. The predicted molar refractivity (Wildman–Crippen MR) is 56.8 cm³/mol. The Bertz CT molecular complexity index is 117. The van der Waals surface area contributed by atoms with Crippen molar-refractivity contribution in [1.29, 1.82) is 0 Å². The fraction of sp³-hybridized carbons (Fsp3) is 1.00. The molecule has 0 aliphatic rings. The molecule has 0 amide bonds. The Balaban J connectivity index is 3.63. The lowest BCUT2D eigenvalue weighted by Crippen LogP contribution is -2.33. The van der Waals surface area contributed by atoms with E-state index in [-0.39, 0.29) is 0 Å². The van der Waals surface area contributed by atoms with Crippen molar-refractivity contribution < 1.29 is 4.43 Å². The molecule has 0 heterocycles. The molecule has 74 valence electrons. The molecule has 1 atom stereocenters. The molecule has 0 saturated carbocycles. The molecule has 0 saturated heterocycles. The highest BCUT2D eigenvalue weighted by molar-refractivity contribution is 6.72. The van der Waals surface area contributed by atoms with Gasteiger partial charge in [0.25, 0.3) is 0 Å². The van der Waals surface area contributed by atoms with Crippen molar-refractivity contribution in [2.75, 3.05) is 13.7 Å². The van der Waals surface area contributed by atoms with Crippen LogP contribution in [0.4, 0.5) is 0 Å². The molecule has 0 aromatic carbocycles. The van der Waals surface area contributed by atoms with Crippen LogP contribution in [-0.2, 0) is 4.43 Å². The molecular formula is C9H23NOSi. The molecule has 2 N–H and O–H groups in total. The van der Waals surface area contributed by atoms with Crippen LogP contribution >= 0.6 is 0 Å². The van der Waals surface area contributed by atoms with Crippen molar-refractivity contribution in [2.24, 2.45) is 5.73 Å². The minimum atomic E-state index is -1.37. The van der Waals surface area contributed by atoms with Crippen LogP contribution < -0.4 is 5.73 Å². The van der Waals surface area contributed by atoms with Gasteiger partial charge < -0.3 is 10.2 Å². The van der Waals surface area contributed by atoms with Crippen LogP contribution in [0.15, 0.2) is 0 Å². The number of hydrogen-bond acceptors (Lipinski definition) is 2. The van der Waals surface area contributed by atoms with Gasteiger partial charge in [-0.1, -0.05) is 19.8 Å². The SMILES string of the molecule is CO[Si](C)(C)C(C)CCCCN. The maximum atomic E-state index is 5.54. The first-order valence-corrected chi connectivity index (χ1v) is 7.78. The van der Waals surface area contributed by atoms with Crippen molar-refractivity contribution in [3.05, 3.63) is 0 Å². The van der Waals surface area contributed by atoms with E-state index < -0.39 is 8.32 Å². The van der Waals surface area contributed by atoms with Crippen molar-refractivity contribution in [1.82, 2.24) is 0 Å². The zero-order chi connectivity index (χ0) is 9.61. The van der Waals surface area contributed by atoms with Gasteiger partial charge in [0.05, 0.1) is 0 Å². The van der Waals surface area contributed by atoms with Crippen LogP contribution in [0.3, 0.4) is 0 Å². The molecule has 2 nitrogen and oxygen atoms in total. The molecule has 1 unspecified atom stereocenters. The largest absolute Gasteiger partial charge is 0.420 e. The summed E-state index contributed by atoms with van der Waals surface area (Å²) < 4.78 is 5.54. The first kappa shape index (κ1) is 12.1. The molecular weight excluding hydrogens is 166 g/mol. The highest BCUT2D eigenvalue weighted by Crippen LogP contribution is 2.26. The summed E-state index contributed by atoms with van der Waals surface area (Å²) in [7, 11) is 0.467. The van der Waals surface area contributed by atoms with Gasteiger partial charge in [-0.2, -0.15) is 0 Å². The molecule has 3 heteroatoms. The van der Waals surface area contributed by atoms with Crippen LogP contribution in [0.5, 0.6) is 0 Å². The third-order valence-electron chi connectivity index (χ3n) is 2.80. The lowest BCUT2D eigenvalue weighted by Gasteiger charge is -2.27. The van der Waals surface area contributed by atoms with E-state index in [4.69, 9.17) is 10.2 Å². The first-order chi connectivity index (χ1) is 5.54. The summed E-state index contributed by atoms with van der Waals surface area (Å²) in [5.74, 6) is 0. The normalized spacial score (nSPS) is 14.8. The standard InChI is InChI=1S/C9H23NOSi/c1-9(7-5-6-8-10)12(3,4)11-2/h9H,5-8,10H2,1-4H3. The quantitative estimate of drug-likeness (QED) is 0.514. The molecule has 0 aliphatic heterocycles. The molecule has 0 radical (unpaired) electrons. The highest BCUT2D eigenvalue weighted by atomic mass is 28.4. The maximum Gasteiger partial charge on any atom is 0.188 e. The molecule has 0 aromatic rings. The van der Waals surface area contributed by atoms with E-state index in [1.807, 2.05) is 7.11 Å². The lowest BCUT2D eigenvalue weighted by molar-refractivity contribution is 0.387. The molecule has 0 fully saturated rings. The Hall–Kier alpha value is 0.137. The van der Waals surface area contributed by atoms with Gasteiger partial charge in [0.15, 0.2) is 8.32 Å². The van der Waals surface area contributed by atoms with E-state index in [2.05, 4.69) is 20.0 Å². The number of unbranched alkanes of at least 4 members (excludes halogenated alkanes) is 1. The van der Waals surface area contributed by atoms with E-state index in [0.29, 0.717) is 0 Å². The summed E-state index contributed by atoms with van der Waals surface area (Å²) in [6, 6.07) is 0. The smallest absolute Gasteiger partial charge is 0.188 e. The fourth-order valence-corrected chi connectivity index (χ4v) is 2.45. The van der Waals surface area contributed by atoms with Crippen molar-refractivity contribution in [3.8, 4) is 0 Å². The molecule has 12 heavy (non-hydrogen) atoms. The summed E-state index contributed by atoms with van der Waals surface area (Å²) in [6.45, 7) is 7.67. The third-order valence-corrected chi connectivity index (χ3v) is 6.52.